The molecule has 0 aliphatic carbocycles. The van der Waals surface area contributed by atoms with Gasteiger partial charge in [0.25, 0.3) is 0 Å². The summed E-state index contributed by atoms with van der Waals surface area (Å²) in [5.74, 6) is 0.00329. The summed E-state index contributed by atoms with van der Waals surface area (Å²) in [4.78, 5) is 19.1. The molecule has 2 aromatic carbocycles. The van der Waals surface area contributed by atoms with Crippen molar-refractivity contribution < 1.29 is 4.79 Å². The lowest BCUT2D eigenvalue weighted by molar-refractivity contribution is 0.104. The van der Waals surface area contributed by atoms with Gasteiger partial charge in [0.2, 0.25) is 5.78 Å². The SMILES string of the molecule is O=C(c1ccc(Cl)cc1)c1ccc(Cc2nc(-c3ccc(Cl)c(Cl)c3)cs2)s1. The van der Waals surface area contributed by atoms with Gasteiger partial charge < -0.3 is 0 Å². The maximum Gasteiger partial charge on any atom is 0.202 e. The summed E-state index contributed by atoms with van der Waals surface area (Å²) in [6, 6.07) is 16.3. The van der Waals surface area contributed by atoms with E-state index in [2.05, 4.69) is 0 Å². The number of benzene rings is 2. The molecule has 140 valence electrons. The van der Waals surface area contributed by atoms with E-state index in [0.29, 0.717) is 31.9 Å². The van der Waals surface area contributed by atoms with Crippen molar-refractivity contribution in [3.05, 3.63) is 95.4 Å². The molecule has 28 heavy (non-hydrogen) atoms. The quantitative estimate of drug-likeness (QED) is 0.284. The maximum atomic E-state index is 12.6. The number of nitrogens with zero attached hydrogens (tertiary/aromatic N) is 1. The highest BCUT2D eigenvalue weighted by Crippen LogP contribution is 2.30. The lowest BCUT2D eigenvalue weighted by Gasteiger charge is -1.99. The number of ketones is 1. The van der Waals surface area contributed by atoms with Crippen LogP contribution < -0.4 is 0 Å². The van der Waals surface area contributed by atoms with Crippen molar-refractivity contribution in [2.75, 3.05) is 0 Å². The molecule has 2 nitrogen and oxygen atoms in total. The fraction of sp³-hybridized carbons (Fsp3) is 0.0476. The zero-order chi connectivity index (χ0) is 19.7. The van der Waals surface area contributed by atoms with E-state index in [1.54, 1.807) is 41.7 Å². The van der Waals surface area contributed by atoms with Gasteiger partial charge in [-0.3, -0.25) is 4.79 Å². The Kier molecular flexibility index (Phi) is 5.85. The van der Waals surface area contributed by atoms with Crippen LogP contribution in [0.1, 0.15) is 25.1 Å². The zero-order valence-corrected chi connectivity index (χ0v) is 18.2. The standard InChI is InChI=1S/C21H12Cl3NOS2/c22-14-4-1-12(2-5-14)21(26)19-8-6-15(28-19)10-20-25-18(11-27-20)13-3-7-16(23)17(24)9-13/h1-9,11H,10H2. The first-order chi connectivity index (χ1) is 13.5. The minimum atomic E-state index is 0.00329. The second-order valence-corrected chi connectivity index (χ2v) is 9.40. The van der Waals surface area contributed by atoms with E-state index >= 15 is 0 Å². The summed E-state index contributed by atoms with van der Waals surface area (Å²) in [6.45, 7) is 0. The van der Waals surface area contributed by atoms with Crippen molar-refractivity contribution in [1.82, 2.24) is 4.98 Å². The van der Waals surface area contributed by atoms with Gasteiger partial charge in [-0.25, -0.2) is 4.98 Å². The van der Waals surface area contributed by atoms with Crippen LogP contribution in [0.15, 0.2) is 60.0 Å². The first-order valence-electron chi connectivity index (χ1n) is 8.28. The molecular weight excluding hydrogens is 453 g/mol. The zero-order valence-electron chi connectivity index (χ0n) is 14.3. The molecule has 0 saturated carbocycles. The maximum absolute atomic E-state index is 12.6. The Morgan fingerprint density at radius 3 is 2.46 bits per heavy atom. The highest BCUT2D eigenvalue weighted by molar-refractivity contribution is 7.14. The molecule has 4 aromatic rings. The summed E-state index contributed by atoms with van der Waals surface area (Å²) >= 11 is 21.0. The molecule has 0 spiro atoms. The Labute approximate surface area is 185 Å². The first-order valence-corrected chi connectivity index (χ1v) is 11.1. The predicted molar refractivity (Wildman–Crippen MR) is 120 cm³/mol. The molecule has 0 bridgehead atoms. The molecule has 0 amide bonds. The van der Waals surface area contributed by atoms with E-state index in [4.69, 9.17) is 39.8 Å². The number of hydrogen-bond donors (Lipinski definition) is 0. The summed E-state index contributed by atoms with van der Waals surface area (Å²) in [5.41, 5.74) is 2.43. The van der Waals surface area contributed by atoms with Crippen molar-refractivity contribution in [2.24, 2.45) is 0 Å². The molecule has 0 saturated heterocycles. The summed E-state index contributed by atoms with van der Waals surface area (Å²) < 4.78 is 0. The predicted octanol–water partition coefficient (Wildman–Crippen LogP) is 7.65. The molecule has 0 fully saturated rings. The Morgan fingerprint density at radius 1 is 0.929 bits per heavy atom. The fourth-order valence-corrected chi connectivity index (χ4v) is 4.98. The van der Waals surface area contributed by atoms with Gasteiger partial charge in [-0.15, -0.1) is 22.7 Å². The van der Waals surface area contributed by atoms with Gasteiger partial charge in [0.1, 0.15) is 0 Å². The molecule has 7 heteroatoms. The number of hydrogen-bond acceptors (Lipinski definition) is 4. The van der Waals surface area contributed by atoms with E-state index < -0.39 is 0 Å². The second-order valence-electron chi connectivity index (χ2n) is 6.03. The largest absolute Gasteiger partial charge is 0.288 e. The molecule has 4 rings (SSSR count). The number of carbonyl (C=O) groups is 1. The molecule has 0 atom stereocenters. The average molecular weight is 465 g/mol. The first kappa shape index (κ1) is 19.6. The third kappa shape index (κ3) is 4.32. The molecule has 0 aliphatic rings. The van der Waals surface area contributed by atoms with Crippen LogP contribution in [0.2, 0.25) is 15.1 Å². The molecule has 0 N–H and O–H groups in total. The Morgan fingerprint density at radius 2 is 1.71 bits per heavy atom. The number of thiophene rings is 1. The Balaban J connectivity index is 1.50. The fourth-order valence-electron chi connectivity index (χ4n) is 2.67. The van der Waals surface area contributed by atoms with Crippen molar-refractivity contribution in [2.45, 2.75) is 6.42 Å². The number of aromatic nitrogens is 1. The normalized spacial score (nSPS) is 11.0. The second kappa shape index (κ2) is 8.36. The minimum Gasteiger partial charge on any atom is -0.288 e. The third-order valence-electron chi connectivity index (χ3n) is 4.08. The van der Waals surface area contributed by atoms with E-state index in [1.165, 1.54) is 11.3 Å². The van der Waals surface area contributed by atoms with Gasteiger partial charge >= 0.3 is 0 Å². The third-order valence-corrected chi connectivity index (χ3v) is 7.01. The lowest BCUT2D eigenvalue weighted by Crippen LogP contribution is -1.97. The van der Waals surface area contributed by atoms with Crippen LogP contribution >= 0.6 is 57.5 Å². The van der Waals surface area contributed by atoms with Crippen LogP contribution in [0.25, 0.3) is 11.3 Å². The van der Waals surface area contributed by atoms with Crippen LogP contribution in [0.4, 0.5) is 0 Å². The highest BCUT2D eigenvalue weighted by Gasteiger charge is 2.13. The molecule has 0 aliphatic heterocycles. The number of halogens is 3. The summed E-state index contributed by atoms with van der Waals surface area (Å²) in [6.07, 6.45) is 0.685. The summed E-state index contributed by atoms with van der Waals surface area (Å²) in [7, 11) is 0. The van der Waals surface area contributed by atoms with Crippen LogP contribution in [0, 0.1) is 0 Å². The van der Waals surface area contributed by atoms with Crippen molar-refractivity contribution >= 4 is 63.3 Å². The van der Waals surface area contributed by atoms with Gasteiger partial charge in [-0.05, 0) is 48.5 Å². The van der Waals surface area contributed by atoms with Gasteiger partial charge in [0.05, 0.1) is 25.6 Å². The van der Waals surface area contributed by atoms with Crippen molar-refractivity contribution in [3.8, 4) is 11.3 Å². The molecule has 2 aromatic heterocycles. The lowest BCUT2D eigenvalue weighted by atomic mass is 10.1. The van der Waals surface area contributed by atoms with Crippen LogP contribution in [0.3, 0.4) is 0 Å². The molecule has 0 radical (unpaired) electrons. The van der Waals surface area contributed by atoms with Gasteiger partial charge in [0.15, 0.2) is 0 Å². The highest BCUT2D eigenvalue weighted by atomic mass is 35.5. The van der Waals surface area contributed by atoms with Gasteiger partial charge in [-0.2, -0.15) is 0 Å². The van der Waals surface area contributed by atoms with E-state index in [0.717, 1.165) is 21.1 Å². The number of rotatable bonds is 5. The van der Waals surface area contributed by atoms with Crippen LogP contribution in [-0.2, 0) is 6.42 Å². The monoisotopic (exact) mass is 463 g/mol. The Bertz CT molecular complexity index is 1150. The van der Waals surface area contributed by atoms with Gasteiger partial charge in [0, 0.05) is 32.8 Å². The average Bonchev–Trinajstić information content (AvgIpc) is 3.34. The number of thiazole rings is 1. The smallest absolute Gasteiger partial charge is 0.202 e. The number of carbonyl (C=O) groups excluding carboxylic acids is 1. The van der Waals surface area contributed by atoms with E-state index in [9.17, 15) is 4.79 Å². The van der Waals surface area contributed by atoms with Crippen LogP contribution in [-0.4, -0.2) is 10.8 Å². The summed E-state index contributed by atoms with van der Waals surface area (Å²) in [5, 5.41) is 4.63. The molecular formula is C21H12Cl3NOS2. The molecule has 2 heterocycles. The van der Waals surface area contributed by atoms with Gasteiger partial charge in [-0.1, -0.05) is 40.9 Å². The molecule has 0 unspecified atom stereocenters. The Hall–Kier alpha value is -1.69. The van der Waals surface area contributed by atoms with E-state index in [-0.39, 0.29) is 5.78 Å². The van der Waals surface area contributed by atoms with Crippen molar-refractivity contribution in [1.29, 1.82) is 0 Å². The topological polar surface area (TPSA) is 30.0 Å². The van der Waals surface area contributed by atoms with Crippen molar-refractivity contribution in [3.63, 3.8) is 0 Å². The van der Waals surface area contributed by atoms with E-state index in [1.807, 2.05) is 29.6 Å². The van der Waals surface area contributed by atoms with Crippen LogP contribution in [0.5, 0.6) is 0 Å². The minimum absolute atomic E-state index is 0.00329.